The van der Waals surface area contributed by atoms with Gasteiger partial charge in [0.1, 0.15) is 11.4 Å². The van der Waals surface area contributed by atoms with Gasteiger partial charge in [0.2, 0.25) is 5.88 Å². The second kappa shape index (κ2) is 8.41. The van der Waals surface area contributed by atoms with Crippen LogP contribution in [0.5, 0.6) is 5.88 Å². The number of anilines is 1. The minimum absolute atomic E-state index is 0.0133. The van der Waals surface area contributed by atoms with Crippen molar-refractivity contribution in [2.24, 2.45) is 5.92 Å². The van der Waals surface area contributed by atoms with Gasteiger partial charge in [0, 0.05) is 32.0 Å². The van der Waals surface area contributed by atoms with Crippen molar-refractivity contribution in [3.8, 4) is 11.9 Å². The molecule has 0 N–H and O–H groups in total. The molecule has 2 aromatic rings. The summed E-state index contributed by atoms with van der Waals surface area (Å²) in [5, 5.41) is 9.16. The first-order valence-electron chi connectivity index (χ1n) is 9.92. The molecule has 2 aliphatic heterocycles. The number of alkyl halides is 3. The summed E-state index contributed by atoms with van der Waals surface area (Å²) in [6.07, 6.45) is 0.0987. The molecule has 2 aliphatic rings. The summed E-state index contributed by atoms with van der Waals surface area (Å²) >= 11 is 0. The number of likely N-dealkylation sites (tertiary alicyclic amines) is 1. The molecule has 0 aliphatic carbocycles. The summed E-state index contributed by atoms with van der Waals surface area (Å²) in [6.45, 7) is 0.179. The first kappa shape index (κ1) is 20.9. The van der Waals surface area contributed by atoms with Crippen LogP contribution in [0.15, 0.2) is 36.7 Å². The molecular weight excluding hydrogens is 411 g/mol. The van der Waals surface area contributed by atoms with E-state index >= 15 is 0 Å². The fraction of sp³-hybridized carbons (Fsp3) is 0.429. The van der Waals surface area contributed by atoms with Crippen LogP contribution >= 0.6 is 0 Å². The molecular formula is C21H20F3N5O2. The Kier molecular flexibility index (Phi) is 5.67. The Morgan fingerprint density at radius 2 is 2.03 bits per heavy atom. The van der Waals surface area contributed by atoms with Crippen LogP contribution in [0.3, 0.4) is 0 Å². The first-order valence-corrected chi connectivity index (χ1v) is 9.92. The summed E-state index contributed by atoms with van der Waals surface area (Å²) < 4.78 is 42.4. The highest BCUT2D eigenvalue weighted by Gasteiger charge is 2.41. The van der Waals surface area contributed by atoms with Gasteiger partial charge in [-0.05, 0) is 43.0 Å². The topological polar surface area (TPSA) is 82.4 Å². The number of aromatic nitrogens is 2. The van der Waals surface area contributed by atoms with E-state index in [0.29, 0.717) is 30.4 Å². The molecule has 2 fully saturated rings. The number of piperidine rings is 1. The van der Waals surface area contributed by atoms with Gasteiger partial charge in [0.05, 0.1) is 17.7 Å². The summed E-state index contributed by atoms with van der Waals surface area (Å²) in [7, 11) is 0. The van der Waals surface area contributed by atoms with Crippen LogP contribution in [-0.4, -0.2) is 59.2 Å². The lowest BCUT2D eigenvalue weighted by molar-refractivity contribution is -0.154. The van der Waals surface area contributed by atoms with E-state index in [4.69, 9.17) is 10.00 Å². The maximum Gasteiger partial charge on any atom is 0.422 e. The number of carbonyl (C=O) groups is 1. The van der Waals surface area contributed by atoms with Crippen molar-refractivity contribution < 1.29 is 22.7 Å². The summed E-state index contributed by atoms with van der Waals surface area (Å²) in [6, 6.07) is 8.43. The molecule has 2 aromatic heterocycles. The molecule has 0 spiro atoms. The van der Waals surface area contributed by atoms with Crippen molar-refractivity contribution >= 4 is 11.7 Å². The number of amides is 1. The highest BCUT2D eigenvalue weighted by molar-refractivity contribution is 5.96. The number of halogens is 3. The van der Waals surface area contributed by atoms with Crippen molar-refractivity contribution in [1.29, 1.82) is 5.26 Å². The largest absolute Gasteiger partial charge is 0.467 e. The van der Waals surface area contributed by atoms with Crippen molar-refractivity contribution in [3.63, 3.8) is 0 Å². The molecule has 2 saturated heterocycles. The molecule has 31 heavy (non-hydrogen) atoms. The fourth-order valence-corrected chi connectivity index (χ4v) is 4.24. The quantitative estimate of drug-likeness (QED) is 0.740. The van der Waals surface area contributed by atoms with E-state index in [9.17, 15) is 18.0 Å². The minimum atomic E-state index is -4.52. The van der Waals surface area contributed by atoms with E-state index in [1.54, 1.807) is 23.2 Å². The Bertz CT molecular complexity index is 1010. The smallest absolute Gasteiger partial charge is 0.422 e. The average molecular weight is 431 g/mol. The van der Waals surface area contributed by atoms with E-state index in [-0.39, 0.29) is 17.5 Å². The van der Waals surface area contributed by atoms with Gasteiger partial charge in [0.25, 0.3) is 5.91 Å². The predicted octanol–water partition coefficient (Wildman–Crippen LogP) is 3.03. The Morgan fingerprint density at radius 3 is 2.81 bits per heavy atom. The van der Waals surface area contributed by atoms with Crippen molar-refractivity contribution in [3.05, 3.63) is 47.8 Å². The Hall–Kier alpha value is -3.35. The van der Waals surface area contributed by atoms with Gasteiger partial charge < -0.3 is 14.5 Å². The van der Waals surface area contributed by atoms with Crippen molar-refractivity contribution in [1.82, 2.24) is 14.9 Å². The van der Waals surface area contributed by atoms with Crippen LogP contribution in [0.25, 0.3) is 0 Å². The van der Waals surface area contributed by atoms with Crippen LogP contribution in [0, 0.1) is 17.2 Å². The molecule has 4 heterocycles. The Labute approximate surface area is 177 Å². The fourth-order valence-electron chi connectivity index (χ4n) is 4.24. The number of fused-ring (bicyclic) bond motifs is 1. The van der Waals surface area contributed by atoms with Gasteiger partial charge in [-0.15, -0.1) is 0 Å². The van der Waals surface area contributed by atoms with Crippen LogP contribution in [0.4, 0.5) is 19.0 Å². The number of hydrogen-bond acceptors (Lipinski definition) is 6. The number of pyridine rings is 2. The molecule has 7 nitrogen and oxygen atoms in total. The third-order valence-corrected chi connectivity index (χ3v) is 5.69. The third-order valence-electron chi connectivity index (χ3n) is 5.69. The normalized spacial score (nSPS) is 20.8. The van der Waals surface area contributed by atoms with Crippen LogP contribution < -0.4 is 9.64 Å². The predicted molar refractivity (Wildman–Crippen MR) is 105 cm³/mol. The maximum absolute atomic E-state index is 13.1. The summed E-state index contributed by atoms with van der Waals surface area (Å²) in [4.78, 5) is 25.1. The highest BCUT2D eigenvalue weighted by Crippen LogP contribution is 2.35. The number of nitriles is 1. The average Bonchev–Trinajstić information content (AvgIpc) is 3.20. The Balaban J connectivity index is 1.52. The number of ether oxygens (including phenoxy) is 1. The van der Waals surface area contributed by atoms with Gasteiger partial charge in [0.15, 0.2) is 6.61 Å². The minimum Gasteiger partial charge on any atom is -0.467 e. The zero-order valence-corrected chi connectivity index (χ0v) is 16.5. The zero-order valence-electron chi connectivity index (χ0n) is 16.5. The SMILES string of the molecule is N#Cc1ccnc(N2CC[C@@H]3CCN(C(=O)c4cccnc4OCC(F)(F)F)C[C@@H]32)c1. The van der Waals surface area contributed by atoms with E-state index in [1.807, 2.05) is 0 Å². The summed E-state index contributed by atoms with van der Waals surface area (Å²) in [5.41, 5.74) is 0.526. The molecule has 0 unspecified atom stereocenters. The number of nitrogens with zero attached hydrogens (tertiary/aromatic N) is 5. The van der Waals surface area contributed by atoms with E-state index in [0.717, 1.165) is 19.4 Å². The van der Waals surface area contributed by atoms with Crippen molar-refractivity contribution in [2.75, 3.05) is 31.1 Å². The lowest BCUT2D eigenvalue weighted by Gasteiger charge is -2.39. The van der Waals surface area contributed by atoms with Gasteiger partial charge in [-0.2, -0.15) is 18.4 Å². The molecule has 0 radical (unpaired) electrons. The summed E-state index contributed by atoms with van der Waals surface area (Å²) in [5.74, 6) is 0.343. The molecule has 4 rings (SSSR count). The van der Waals surface area contributed by atoms with Crippen LogP contribution in [-0.2, 0) is 0 Å². The first-order chi connectivity index (χ1) is 14.9. The van der Waals surface area contributed by atoms with Crippen LogP contribution in [0.1, 0.15) is 28.8 Å². The van der Waals surface area contributed by atoms with Gasteiger partial charge in [-0.25, -0.2) is 9.97 Å². The molecule has 162 valence electrons. The molecule has 1 amide bonds. The number of rotatable bonds is 4. The van der Waals surface area contributed by atoms with E-state index in [1.165, 1.54) is 18.3 Å². The van der Waals surface area contributed by atoms with Crippen molar-refractivity contribution in [2.45, 2.75) is 25.1 Å². The van der Waals surface area contributed by atoms with E-state index in [2.05, 4.69) is 20.9 Å². The monoisotopic (exact) mass is 431 g/mol. The second-order valence-corrected chi connectivity index (χ2v) is 7.62. The third kappa shape index (κ3) is 4.55. The maximum atomic E-state index is 13.1. The molecule has 2 atom stereocenters. The second-order valence-electron chi connectivity index (χ2n) is 7.62. The molecule has 0 bridgehead atoms. The van der Waals surface area contributed by atoms with Gasteiger partial charge >= 0.3 is 6.18 Å². The highest BCUT2D eigenvalue weighted by atomic mass is 19.4. The lowest BCUT2D eigenvalue weighted by atomic mass is 9.91. The lowest BCUT2D eigenvalue weighted by Crippen LogP contribution is -2.50. The van der Waals surface area contributed by atoms with Gasteiger partial charge in [-0.3, -0.25) is 4.79 Å². The number of carbonyl (C=O) groups excluding carboxylic acids is 1. The number of hydrogen-bond donors (Lipinski definition) is 0. The Morgan fingerprint density at radius 1 is 1.23 bits per heavy atom. The van der Waals surface area contributed by atoms with E-state index < -0.39 is 18.7 Å². The zero-order chi connectivity index (χ0) is 22.0. The standard InChI is InChI=1S/C21H20F3N5O2/c22-21(23,24)13-31-19-16(2-1-6-27-19)20(30)28-8-4-15-5-9-29(17(15)12-28)18-10-14(11-25)3-7-26-18/h1-3,6-7,10,15,17H,4-5,8-9,12-13H2/t15-,17-/m0/s1. The molecule has 0 saturated carbocycles. The van der Waals surface area contributed by atoms with Gasteiger partial charge in [-0.1, -0.05) is 0 Å². The molecule has 0 aromatic carbocycles. The van der Waals surface area contributed by atoms with Crippen LogP contribution in [0.2, 0.25) is 0 Å². The molecule has 10 heteroatoms.